The van der Waals surface area contributed by atoms with Crippen molar-refractivity contribution in [3.8, 4) is 0 Å². The van der Waals surface area contributed by atoms with E-state index in [4.69, 9.17) is 0 Å². The monoisotopic (exact) mass is 496 g/mol. The van der Waals surface area contributed by atoms with Crippen molar-refractivity contribution in [2.45, 2.75) is 44.0 Å². The molecule has 0 unspecified atom stereocenters. The molecule has 0 aliphatic carbocycles. The Kier molecular flexibility index (Phi) is 6.42. The normalized spacial score (nSPS) is 16.1. The van der Waals surface area contributed by atoms with Crippen molar-refractivity contribution in [2.24, 2.45) is 0 Å². The maximum Gasteiger partial charge on any atom is 0.264 e. The first kappa shape index (κ1) is 23.0. The summed E-state index contributed by atoms with van der Waals surface area (Å²) in [5, 5.41) is 3.48. The fourth-order valence-electron chi connectivity index (χ4n) is 4.63. The van der Waals surface area contributed by atoms with Gasteiger partial charge in [0.15, 0.2) is 5.13 Å². The van der Waals surface area contributed by atoms with Crippen molar-refractivity contribution in [2.75, 3.05) is 29.3 Å². The van der Waals surface area contributed by atoms with Gasteiger partial charge < -0.3 is 0 Å². The first-order chi connectivity index (χ1) is 16.5. The molecular weight excluding hydrogens is 468 g/mol. The SMILES string of the molecule is CCCN1CCc2nc(NC(=O)c3ccc(S(=O)(=O)N4CCCc5ccccc54)cc3)sc2C1. The lowest BCUT2D eigenvalue weighted by Crippen LogP contribution is -2.35. The summed E-state index contributed by atoms with van der Waals surface area (Å²) < 4.78 is 28.1. The Labute approximate surface area is 204 Å². The smallest absolute Gasteiger partial charge is 0.264 e. The number of fused-ring (bicyclic) bond motifs is 2. The number of amides is 1. The second-order valence-electron chi connectivity index (χ2n) is 8.70. The minimum absolute atomic E-state index is 0.182. The third-order valence-corrected chi connectivity index (χ3v) is 9.17. The van der Waals surface area contributed by atoms with Crippen LogP contribution in [0, 0.1) is 0 Å². The Morgan fingerprint density at radius 2 is 1.88 bits per heavy atom. The summed E-state index contributed by atoms with van der Waals surface area (Å²) in [7, 11) is -3.70. The predicted molar refractivity (Wildman–Crippen MR) is 135 cm³/mol. The first-order valence-electron chi connectivity index (χ1n) is 11.7. The molecule has 0 fully saturated rings. The lowest BCUT2D eigenvalue weighted by Gasteiger charge is -2.30. The molecule has 0 atom stereocenters. The first-order valence-corrected chi connectivity index (χ1v) is 13.9. The number of benzene rings is 2. The topological polar surface area (TPSA) is 82.6 Å². The molecule has 1 amide bonds. The maximum atomic E-state index is 13.3. The van der Waals surface area contributed by atoms with Gasteiger partial charge in [0.05, 0.1) is 16.3 Å². The molecule has 0 bridgehead atoms. The second kappa shape index (κ2) is 9.48. The average molecular weight is 497 g/mol. The molecule has 3 aromatic rings. The number of aromatic nitrogens is 1. The average Bonchev–Trinajstić information content (AvgIpc) is 3.25. The number of rotatable bonds is 6. The number of anilines is 2. The quantitative estimate of drug-likeness (QED) is 0.550. The number of nitrogens with one attached hydrogen (secondary N) is 1. The van der Waals surface area contributed by atoms with E-state index in [-0.39, 0.29) is 10.8 Å². The van der Waals surface area contributed by atoms with E-state index in [9.17, 15) is 13.2 Å². The van der Waals surface area contributed by atoms with E-state index in [0.29, 0.717) is 17.2 Å². The lowest BCUT2D eigenvalue weighted by molar-refractivity contribution is 0.102. The van der Waals surface area contributed by atoms with E-state index in [1.54, 1.807) is 12.1 Å². The van der Waals surface area contributed by atoms with Gasteiger partial charge in [-0.1, -0.05) is 25.1 Å². The molecule has 1 aromatic heterocycles. The molecule has 0 spiro atoms. The molecular formula is C25H28N4O3S2. The van der Waals surface area contributed by atoms with Crippen LogP contribution in [-0.4, -0.2) is 43.8 Å². The van der Waals surface area contributed by atoms with E-state index < -0.39 is 10.0 Å². The van der Waals surface area contributed by atoms with Crippen molar-refractivity contribution in [3.05, 3.63) is 70.2 Å². The van der Waals surface area contributed by atoms with Crippen LogP contribution in [0.15, 0.2) is 53.4 Å². The van der Waals surface area contributed by atoms with Gasteiger partial charge in [-0.2, -0.15) is 0 Å². The van der Waals surface area contributed by atoms with Gasteiger partial charge in [0, 0.05) is 36.5 Å². The van der Waals surface area contributed by atoms with E-state index in [2.05, 4.69) is 22.1 Å². The third kappa shape index (κ3) is 4.47. The molecule has 34 heavy (non-hydrogen) atoms. The lowest BCUT2D eigenvalue weighted by atomic mass is 10.0. The van der Waals surface area contributed by atoms with Gasteiger partial charge >= 0.3 is 0 Å². The van der Waals surface area contributed by atoms with Crippen LogP contribution in [0.5, 0.6) is 0 Å². The Hall–Kier alpha value is -2.75. The number of para-hydroxylation sites is 1. The van der Waals surface area contributed by atoms with Crippen molar-refractivity contribution >= 4 is 38.1 Å². The number of hydrogen-bond donors (Lipinski definition) is 1. The summed E-state index contributed by atoms with van der Waals surface area (Å²) in [6.07, 6.45) is 3.67. The third-order valence-electron chi connectivity index (χ3n) is 6.34. The minimum atomic E-state index is -3.70. The number of thiazole rings is 1. The molecule has 0 saturated carbocycles. The highest BCUT2D eigenvalue weighted by atomic mass is 32.2. The van der Waals surface area contributed by atoms with Crippen molar-refractivity contribution in [1.82, 2.24) is 9.88 Å². The highest BCUT2D eigenvalue weighted by Gasteiger charge is 2.29. The molecule has 9 heteroatoms. The summed E-state index contributed by atoms with van der Waals surface area (Å²) in [5.74, 6) is -0.288. The highest BCUT2D eigenvalue weighted by molar-refractivity contribution is 7.92. The molecule has 2 aromatic carbocycles. The van der Waals surface area contributed by atoms with Crippen LogP contribution in [0.4, 0.5) is 10.8 Å². The summed E-state index contributed by atoms with van der Waals surface area (Å²) in [6.45, 7) is 5.57. The predicted octanol–water partition coefficient (Wildman–Crippen LogP) is 4.31. The van der Waals surface area contributed by atoms with Crippen LogP contribution in [0.3, 0.4) is 0 Å². The number of carbonyl (C=O) groups is 1. The molecule has 0 saturated heterocycles. The highest BCUT2D eigenvalue weighted by Crippen LogP contribution is 2.32. The van der Waals surface area contributed by atoms with Crippen LogP contribution in [-0.2, 0) is 29.4 Å². The molecule has 5 rings (SSSR count). The number of nitrogens with zero attached hydrogens (tertiary/aromatic N) is 3. The zero-order chi connectivity index (χ0) is 23.7. The van der Waals surface area contributed by atoms with Gasteiger partial charge in [-0.05, 0) is 61.7 Å². The second-order valence-corrected chi connectivity index (χ2v) is 11.6. The Bertz CT molecular complexity index is 1300. The van der Waals surface area contributed by atoms with E-state index >= 15 is 0 Å². The summed E-state index contributed by atoms with van der Waals surface area (Å²) >= 11 is 1.52. The zero-order valence-electron chi connectivity index (χ0n) is 19.2. The minimum Gasteiger partial charge on any atom is -0.298 e. The fraction of sp³-hybridized carbons (Fsp3) is 0.360. The largest absolute Gasteiger partial charge is 0.298 e. The Morgan fingerprint density at radius 1 is 1.09 bits per heavy atom. The van der Waals surface area contributed by atoms with Crippen LogP contribution in [0.25, 0.3) is 0 Å². The standard InChI is InChI=1S/C25H28N4O3S2/c1-2-14-28-16-13-21-23(17-28)33-25(26-21)27-24(30)19-9-11-20(12-10-19)34(31,32)29-15-5-7-18-6-3-4-8-22(18)29/h3-4,6,8-12H,2,5,7,13-17H2,1H3,(H,26,27,30). The van der Waals surface area contributed by atoms with E-state index in [1.807, 2.05) is 24.3 Å². The molecule has 2 aliphatic rings. The number of sulfonamides is 1. The Morgan fingerprint density at radius 3 is 2.68 bits per heavy atom. The van der Waals surface area contributed by atoms with Gasteiger partial charge in [0.25, 0.3) is 15.9 Å². The molecule has 178 valence electrons. The van der Waals surface area contributed by atoms with Crippen LogP contribution in [0.1, 0.15) is 46.3 Å². The summed E-state index contributed by atoms with van der Waals surface area (Å²) in [4.78, 5) is 21.2. The molecule has 7 nitrogen and oxygen atoms in total. The number of hydrogen-bond acceptors (Lipinski definition) is 6. The molecule has 1 N–H and O–H groups in total. The van der Waals surface area contributed by atoms with Crippen LogP contribution in [0.2, 0.25) is 0 Å². The number of aryl methyl sites for hydroxylation is 1. The van der Waals surface area contributed by atoms with E-state index in [0.717, 1.165) is 62.3 Å². The van der Waals surface area contributed by atoms with Crippen molar-refractivity contribution in [3.63, 3.8) is 0 Å². The zero-order valence-corrected chi connectivity index (χ0v) is 20.8. The molecule has 3 heterocycles. The summed E-state index contributed by atoms with van der Waals surface area (Å²) in [5.41, 5.74) is 3.24. The summed E-state index contributed by atoms with van der Waals surface area (Å²) in [6, 6.07) is 13.8. The van der Waals surface area contributed by atoms with Crippen molar-refractivity contribution < 1.29 is 13.2 Å². The maximum absolute atomic E-state index is 13.3. The molecule has 2 aliphatic heterocycles. The van der Waals surface area contributed by atoms with Crippen LogP contribution >= 0.6 is 11.3 Å². The van der Waals surface area contributed by atoms with E-state index in [1.165, 1.54) is 32.7 Å². The number of carbonyl (C=O) groups excluding carboxylic acids is 1. The van der Waals surface area contributed by atoms with Crippen molar-refractivity contribution in [1.29, 1.82) is 0 Å². The Balaban J connectivity index is 1.30. The van der Waals surface area contributed by atoms with Gasteiger partial charge in [0.2, 0.25) is 0 Å². The fourth-order valence-corrected chi connectivity index (χ4v) is 7.22. The van der Waals surface area contributed by atoms with Crippen LogP contribution < -0.4 is 9.62 Å². The van der Waals surface area contributed by atoms with Gasteiger partial charge in [-0.15, -0.1) is 11.3 Å². The van der Waals surface area contributed by atoms with Gasteiger partial charge in [-0.25, -0.2) is 13.4 Å². The van der Waals surface area contributed by atoms with Gasteiger partial charge in [-0.3, -0.25) is 19.3 Å². The molecule has 0 radical (unpaired) electrons. The van der Waals surface area contributed by atoms with Gasteiger partial charge in [0.1, 0.15) is 0 Å².